The lowest BCUT2D eigenvalue weighted by Gasteiger charge is -2.31. The number of nitrogens with zero attached hydrogens (tertiary/aromatic N) is 1. The lowest BCUT2D eigenvalue weighted by molar-refractivity contribution is -0.381. The van der Waals surface area contributed by atoms with E-state index in [0.717, 1.165) is 24.2 Å². The monoisotopic (exact) mass is 214 g/mol. The van der Waals surface area contributed by atoms with Crippen LogP contribution < -0.4 is 10.5 Å². The third-order valence-corrected chi connectivity index (χ3v) is 3.05. The molecule has 0 aliphatic heterocycles. The Kier molecular flexibility index (Phi) is 2.39. The average molecular weight is 214 g/mol. The molecule has 1 aromatic rings. The van der Waals surface area contributed by atoms with Crippen LogP contribution in [0.5, 0.6) is 5.75 Å². The van der Waals surface area contributed by atoms with E-state index in [1.54, 1.807) is 11.4 Å². The van der Waals surface area contributed by atoms with Gasteiger partial charge in [0.2, 0.25) is 5.75 Å². The molecule has 0 radical (unpaired) electrons. The van der Waals surface area contributed by atoms with E-state index in [1.165, 1.54) is 0 Å². The minimum absolute atomic E-state index is 0.0540. The molecule has 1 aliphatic carbocycles. The molecule has 0 saturated heterocycles. The summed E-state index contributed by atoms with van der Waals surface area (Å²) in [6.45, 7) is 0. The molecule has 14 heavy (non-hydrogen) atoms. The summed E-state index contributed by atoms with van der Waals surface area (Å²) in [5.74, 6) is 0.372. The lowest BCUT2D eigenvalue weighted by Crippen LogP contribution is -2.43. The smallest absolute Gasteiger partial charge is 0.365 e. The van der Waals surface area contributed by atoms with E-state index in [2.05, 4.69) is 0 Å². The van der Waals surface area contributed by atoms with Crippen LogP contribution in [0.25, 0.3) is 0 Å². The fraction of sp³-hybridized carbons (Fsp3) is 0.500. The van der Waals surface area contributed by atoms with Gasteiger partial charge < -0.3 is 10.5 Å². The van der Waals surface area contributed by atoms with Gasteiger partial charge in [-0.15, -0.1) is 0 Å². The third-order valence-electron chi connectivity index (χ3n) is 2.20. The first kappa shape index (κ1) is 9.42. The molecule has 5 nitrogen and oxygen atoms in total. The van der Waals surface area contributed by atoms with Crippen molar-refractivity contribution < 1.29 is 9.66 Å². The Labute approximate surface area is 84.6 Å². The zero-order chi connectivity index (χ0) is 10.1. The fourth-order valence-electron chi connectivity index (χ4n) is 1.39. The highest BCUT2D eigenvalue weighted by Crippen LogP contribution is 2.36. The quantitative estimate of drug-likeness (QED) is 0.611. The summed E-state index contributed by atoms with van der Waals surface area (Å²) in [6, 6.07) is 1.82. The van der Waals surface area contributed by atoms with Crippen molar-refractivity contribution in [2.75, 3.05) is 0 Å². The second kappa shape index (κ2) is 3.55. The summed E-state index contributed by atoms with van der Waals surface area (Å²) in [5, 5.41) is 12.3. The maximum Gasteiger partial charge on any atom is 0.365 e. The zero-order valence-electron chi connectivity index (χ0n) is 7.38. The van der Waals surface area contributed by atoms with Crippen LogP contribution in [0.15, 0.2) is 11.4 Å². The summed E-state index contributed by atoms with van der Waals surface area (Å²) in [7, 11) is 0. The van der Waals surface area contributed by atoms with Gasteiger partial charge in [-0.25, -0.2) is 0 Å². The van der Waals surface area contributed by atoms with E-state index in [-0.39, 0.29) is 17.1 Å². The second-order valence-corrected chi connectivity index (χ2v) is 4.21. The summed E-state index contributed by atoms with van der Waals surface area (Å²) in [4.78, 5) is 10.1. The molecule has 0 unspecified atom stereocenters. The number of nitro groups is 1. The van der Waals surface area contributed by atoms with Crippen LogP contribution in [-0.4, -0.2) is 17.1 Å². The number of nitrogens with two attached hydrogens (primary N) is 1. The van der Waals surface area contributed by atoms with E-state index in [4.69, 9.17) is 10.5 Å². The van der Waals surface area contributed by atoms with Crippen LogP contribution in [0, 0.1) is 10.1 Å². The van der Waals surface area contributed by atoms with Gasteiger partial charge in [-0.2, -0.15) is 0 Å². The topological polar surface area (TPSA) is 78.4 Å². The normalized spacial score (nSPS) is 25.5. The van der Waals surface area contributed by atoms with Crippen LogP contribution in [0.2, 0.25) is 0 Å². The van der Waals surface area contributed by atoms with Crippen molar-refractivity contribution in [3.8, 4) is 5.75 Å². The van der Waals surface area contributed by atoms with Gasteiger partial charge in [-0.3, -0.25) is 10.1 Å². The molecular formula is C8H10N2O3S. The van der Waals surface area contributed by atoms with Crippen LogP contribution in [0.4, 0.5) is 5.00 Å². The Hall–Kier alpha value is -1.14. The van der Waals surface area contributed by atoms with Gasteiger partial charge >= 0.3 is 5.00 Å². The summed E-state index contributed by atoms with van der Waals surface area (Å²) in [6.07, 6.45) is 1.62. The van der Waals surface area contributed by atoms with Gasteiger partial charge in [0, 0.05) is 11.4 Å². The molecule has 0 aromatic carbocycles. The van der Waals surface area contributed by atoms with Crippen LogP contribution in [0.1, 0.15) is 12.8 Å². The van der Waals surface area contributed by atoms with Crippen molar-refractivity contribution in [2.24, 2.45) is 5.73 Å². The first-order valence-corrected chi connectivity index (χ1v) is 5.19. The summed E-state index contributed by atoms with van der Waals surface area (Å²) < 4.78 is 5.44. The van der Waals surface area contributed by atoms with E-state index in [1.807, 2.05) is 0 Å². The first-order valence-electron chi connectivity index (χ1n) is 4.31. The maximum atomic E-state index is 10.5. The highest BCUT2D eigenvalue weighted by atomic mass is 32.1. The van der Waals surface area contributed by atoms with Crippen molar-refractivity contribution in [1.82, 2.24) is 0 Å². The Bertz CT molecular complexity index is 346. The van der Waals surface area contributed by atoms with E-state index in [0.29, 0.717) is 5.75 Å². The highest BCUT2D eigenvalue weighted by Gasteiger charge is 2.30. The Morgan fingerprint density at radius 2 is 2.36 bits per heavy atom. The van der Waals surface area contributed by atoms with Gasteiger partial charge in [-0.05, 0) is 18.9 Å². The Morgan fingerprint density at radius 1 is 1.64 bits per heavy atom. The predicted octanol–water partition coefficient (Wildman–Crippen LogP) is 1.52. The SMILES string of the molecule is NC1CC(Oc2ccsc2[N+](=O)[O-])C1. The zero-order valence-corrected chi connectivity index (χ0v) is 8.20. The minimum Gasteiger partial charge on any atom is -0.483 e. The molecule has 1 heterocycles. The van der Waals surface area contributed by atoms with Gasteiger partial charge in [0.25, 0.3) is 0 Å². The molecule has 2 rings (SSSR count). The molecule has 1 saturated carbocycles. The Morgan fingerprint density at radius 3 is 2.93 bits per heavy atom. The van der Waals surface area contributed by atoms with Crippen molar-refractivity contribution >= 4 is 16.3 Å². The van der Waals surface area contributed by atoms with Crippen molar-refractivity contribution in [3.63, 3.8) is 0 Å². The van der Waals surface area contributed by atoms with Gasteiger partial charge in [0.15, 0.2) is 0 Å². The van der Waals surface area contributed by atoms with Gasteiger partial charge in [-0.1, -0.05) is 11.3 Å². The van der Waals surface area contributed by atoms with Gasteiger partial charge in [0.1, 0.15) is 6.10 Å². The Balaban J connectivity index is 2.02. The van der Waals surface area contributed by atoms with Crippen LogP contribution in [0.3, 0.4) is 0 Å². The molecule has 6 heteroatoms. The molecule has 0 amide bonds. The maximum absolute atomic E-state index is 10.5. The number of ether oxygens (including phenoxy) is 1. The average Bonchev–Trinajstić information content (AvgIpc) is 2.49. The standard InChI is InChI=1S/C8H10N2O3S/c9-5-3-6(4-5)13-7-1-2-14-8(7)10(11)12/h1-2,5-6H,3-4,9H2. The number of thiophene rings is 1. The van der Waals surface area contributed by atoms with Crippen LogP contribution in [-0.2, 0) is 0 Å². The fourth-order valence-corrected chi connectivity index (χ4v) is 2.03. The van der Waals surface area contributed by atoms with Crippen LogP contribution >= 0.6 is 11.3 Å². The van der Waals surface area contributed by atoms with Crippen molar-refractivity contribution in [3.05, 3.63) is 21.6 Å². The summed E-state index contributed by atoms with van der Waals surface area (Å²) in [5.41, 5.74) is 5.58. The molecule has 76 valence electrons. The largest absolute Gasteiger partial charge is 0.483 e. The molecule has 0 spiro atoms. The third kappa shape index (κ3) is 1.71. The first-order chi connectivity index (χ1) is 6.66. The van der Waals surface area contributed by atoms with E-state index in [9.17, 15) is 10.1 Å². The molecule has 1 aromatic heterocycles. The molecular weight excluding hydrogens is 204 g/mol. The van der Waals surface area contributed by atoms with Gasteiger partial charge in [0.05, 0.1) is 4.92 Å². The van der Waals surface area contributed by atoms with E-state index >= 15 is 0 Å². The second-order valence-electron chi connectivity index (χ2n) is 3.32. The summed E-state index contributed by atoms with van der Waals surface area (Å²) >= 11 is 1.08. The molecule has 1 fully saturated rings. The lowest BCUT2D eigenvalue weighted by atomic mass is 9.90. The molecule has 0 atom stereocenters. The minimum atomic E-state index is -0.418. The molecule has 0 bridgehead atoms. The highest BCUT2D eigenvalue weighted by molar-refractivity contribution is 7.13. The van der Waals surface area contributed by atoms with Crippen molar-refractivity contribution in [1.29, 1.82) is 0 Å². The number of hydrogen-bond donors (Lipinski definition) is 1. The van der Waals surface area contributed by atoms with Crippen molar-refractivity contribution in [2.45, 2.75) is 25.0 Å². The number of rotatable bonds is 3. The predicted molar refractivity (Wildman–Crippen MR) is 52.6 cm³/mol. The molecule has 1 aliphatic rings. The van der Waals surface area contributed by atoms with E-state index < -0.39 is 4.92 Å². The number of hydrogen-bond acceptors (Lipinski definition) is 5. The molecule has 2 N–H and O–H groups in total.